The molecule has 2 aliphatic heterocycles. The summed E-state index contributed by atoms with van der Waals surface area (Å²) in [5, 5.41) is 4.14. The van der Waals surface area contributed by atoms with Crippen molar-refractivity contribution in [3.8, 4) is 11.1 Å². The lowest BCUT2D eigenvalue weighted by Crippen LogP contribution is -2.42. The molecule has 34 heavy (non-hydrogen) atoms. The van der Waals surface area contributed by atoms with E-state index in [2.05, 4.69) is 10.3 Å². The summed E-state index contributed by atoms with van der Waals surface area (Å²) in [5.74, 6) is 0.445. The summed E-state index contributed by atoms with van der Waals surface area (Å²) in [5.41, 5.74) is 3.08. The molecule has 10 heteroatoms. The van der Waals surface area contributed by atoms with Crippen molar-refractivity contribution in [1.82, 2.24) is 18.8 Å². The van der Waals surface area contributed by atoms with Gasteiger partial charge in [-0.25, -0.2) is 17.7 Å². The van der Waals surface area contributed by atoms with Gasteiger partial charge in [0, 0.05) is 42.9 Å². The Morgan fingerprint density at radius 3 is 2.56 bits per heavy atom. The van der Waals surface area contributed by atoms with Crippen LogP contribution in [0.4, 0.5) is 5.95 Å². The molecule has 0 unspecified atom stereocenters. The van der Waals surface area contributed by atoms with Gasteiger partial charge in [-0.2, -0.15) is 4.98 Å². The van der Waals surface area contributed by atoms with Gasteiger partial charge < -0.3 is 10.1 Å². The molecular weight excluding hydrogens is 454 g/mol. The Morgan fingerprint density at radius 2 is 1.88 bits per heavy atom. The molecule has 0 aliphatic carbocycles. The van der Waals surface area contributed by atoms with Crippen molar-refractivity contribution in [2.24, 2.45) is 0 Å². The summed E-state index contributed by atoms with van der Waals surface area (Å²) < 4.78 is 32.4. The van der Waals surface area contributed by atoms with Crippen LogP contribution in [0.15, 0.2) is 41.3 Å². The smallest absolute Gasteiger partial charge is 0.260 e. The number of ether oxygens (including phenoxy) is 1. The molecular formula is C24H29N5O4S. The number of hydrogen-bond acceptors (Lipinski definition) is 7. The van der Waals surface area contributed by atoms with Crippen LogP contribution in [0.5, 0.6) is 0 Å². The molecule has 2 fully saturated rings. The lowest BCUT2D eigenvalue weighted by Gasteiger charge is -2.30. The summed E-state index contributed by atoms with van der Waals surface area (Å²) >= 11 is 0. The van der Waals surface area contributed by atoms with E-state index in [-0.39, 0.29) is 17.6 Å². The van der Waals surface area contributed by atoms with Gasteiger partial charge in [-0.15, -0.1) is 0 Å². The molecule has 1 aromatic carbocycles. The van der Waals surface area contributed by atoms with Gasteiger partial charge in [-0.3, -0.25) is 9.36 Å². The van der Waals surface area contributed by atoms with Crippen molar-refractivity contribution >= 4 is 27.0 Å². The third kappa shape index (κ3) is 4.45. The highest BCUT2D eigenvalue weighted by Gasteiger charge is 2.27. The van der Waals surface area contributed by atoms with Gasteiger partial charge in [0.15, 0.2) is 0 Å². The molecule has 4 heterocycles. The van der Waals surface area contributed by atoms with E-state index in [1.165, 1.54) is 10.6 Å². The van der Waals surface area contributed by atoms with E-state index in [1.807, 2.05) is 37.3 Å². The number of aryl methyl sites for hydroxylation is 1. The van der Waals surface area contributed by atoms with Gasteiger partial charge >= 0.3 is 0 Å². The van der Waals surface area contributed by atoms with E-state index in [4.69, 9.17) is 9.72 Å². The maximum absolute atomic E-state index is 13.7. The predicted octanol–water partition coefficient (Wildman–Crippen LogP) is 2.56. The van der Waals surface area contributed by atoms with Crippen molar-refractivity contribution in [1.29, 1.82) is 0 Å². The second-order valence-corrected chi connectivity index (χ2v) is 11.1. The highest BCUT2D eigenvalue weighted by atomic mass is 32.2. The average Bonchev–Trinajstić information content (AvgIpc) is 3.33. The Morgan fingerprint density at radius 1 is 1.12 bits per heavy atom. The first kappa shape index (κ1) is 22.9. The number of nitrogens with zero attached hydrogens (tertiary/aromatic N) is 4. The zero-order chi connectivity index (χ0) is 23.9. The molecule has 2 saturated heterocycles. The quantitative estimate of drug-likeness (QED) is 0.594. The number of pyridine rings is 1. The maximum atomic E-state index is 13.7. The Labute approximate surface area is 198 Å². The van der Waals surface area contributed by atoms with Crippen molar-refractivity contribution in [3.05, 3.63) is 52.4 Å². The van der Waals surface area contributed by atoms with E-state index < -0.39 is 10.0 Å². The van der Waals surface area contributed by atoms with E-state index in [1.54, 1.807) is 10.8 Å². The Hall–Kier alpha value is -2.82. The number of fused-ring (bicyclic) bond motifs is 1. The van der Waals surface area contributed by atoms with Crippen molar-refractivity contribution in [2.75, 3.05) is 37.9 Å². The summed E-state index contributed by atoms with van der Waals surface area (Å²) in [7, 11) is -3.18. The van der Waals surface area contributed by atoms with Crippen LogP contribution in [-0.4, -0.2) is 65.9 Å². The fourth-order valence-electron chi connectivity index (χ4n) is 4.84. The van der Waals surface area contributed by atoms with Gasteiger partial charge in [-0.05, 0) is 43.4 Å². The molecule has 1 atom stereocenters. The topological polar surface area (TPSA) is 106 Å². The molecule has 2 aromatic heterocycles. The zero-order valence-corrected chi connectivity index (χ0v) is 20.2. The molecule has 9 nitrogen and oxygen atoms in total. The van der Waals surface area contributed by atoms with E-state index >= 15 is 0 Å². The third-order valence-corrected chi connectivity index (χ3v) is 8.04. The van der Waals surface area contributed by atoms with Crippen LogP contribution >= 0.6 is 0 Å². The van der Waals surface area contributed by atoms with Crippen molar-refractivity contribution < 1.29 is 13.2 Å². The molecule has 2 aliphatic rings. The van der Waals surface area contributed by atoms with Gasteiger partial charge in [-0.1, -0.05) is 24.3 Å². The van der Waals surface area contributed by atoms with Gasteiger partial charge in [0.05, 0.1) is 18.9 Å². The van der Waals surface area contributed by atoms with Crippen molar-refractivity contribution in [3.63, 3.8) is 0 Å². The number of hydrogen-bond donors (Lipinski definition) is 1. The molecule has 180 valence electrons. The number of piperidine rings is 1. The van der Waals surface area contributed by atoms with Crippen molar-refractivity contribution in [2.45, 2.75) is 38.3 Å². The number of rotatable bonds is 5. The monoisotopic (exact) mass is 483 g/mol. The van der Waals surface area contributed by atoms with Crippen LogP contribution < -0.4 is 10.9 Å². The molecule has 0 saturated carbocycles. The largest absolute Gasteiger partial charge is 0.379 e. The fourth-order valence-corrected chi connectivity index (χ4v) is 5.71. The van der Waals surface area contributed by atoms with Gasteiger partial charge in [0.25, 0.3) is 5.56 Å². The Kier molecular flexibility index (Phi) is 6.13. The number of nitrogens with one attached hydrogen (secondary N) is 1. The van der Waals surface area contributed by atoms with Crippen LogP contribution in [0.3, 0.4) is 0 Å². The Balaban J connectivity index is 1.52. The first-order chi connectivity index (χ1) is 16.3. The number of anilines is 1. The highest BCUT2D eigenvalue weighted by Crippen LogP contribution is 2.28. The predicted molar refractivity (Wildman–Crippen MR) is 132 cm³/mol. The maximum Gasteiger partial charge on any atom is 0.260 e. The van der Waals surface area contributed by atoms with Gasteiger partial charge in [0.1, 0.15) is 5.65 Å². The summed E-state index contributed by atoms with van der Waals surface area (Å²) in [6.07, 6.45) is 5.09. The average molecular weight is 484 g/mol. The first-order valence-electron chi connectivity index (χ1n) is 11.6. The fraction of sp³-hybridized carbons (Fsp3) is 0.458. The molecule has 1 N–H and O–H groups in total. The van der Waals surface area contributed by atoms with Gasteiger partial charge in [0.2, 0.25) is 16.0 Å². The minimum Gasteiger partial charge on any atom is -0.379 e. The lowest BCUT2D eigenvalue weighted by molar-refractivity contribution is 0.186. The standard InChI is InChI=1S/C24H29N5O4S/c1-16-5-3-4-6-20(16)21-13-17-14-25-24(26-18-7-10-28(11-8-18)34(2,31)32)27-22(17)29(23(21)30)19-9-12-33-15-19/h3-6,13-14,18-19H,7-12,15H2,1-2H3,(H,25,26,27)/t19-/m1/s1. The normalized spacial score (nSPS) is 20.1. The lowest BCUT2D eigenvalue weighted by atomic mass is 10.0. The van der Waals surface area contributed by atoms with Crippen LogP contribution in [0.1, 0.15) is 30.9 Å². The first-order valence-corrected chi connectivity index (χ1v) is 13.4. The van der Waals surface area contributed by atoms with E-state index in [0.717, 1.165) is 22.9 Å². The molecule has 0 radical (unpaired) electrons. The number of aromatic nitrogens is 3. The summed E-state index contributed by atoms with van der Waals surface area (Å²) in [4.78, 5) is 23.0. The second-order valence-electron chi connectivity index (χ2n) is 9.12. The van der Waals surface area contributed by atoms with E-state index in [0.29, 0.717) is 56.3 Å². The van der Waals surface area contributed by atoms with Crippen LogP contribution in [0.25, 0.3) is 22.2 Å². The molecule has 3 aromatic rings. The molecule has 5 rings (SSSR count). The third-order valence-electron chi connectivity index (χ3n) is 6.74. The highest BCUT2D eigenvalue weighted by molar-refractivity contribution is 7.88. The van der Waals surface area contributed by atoms with Crippen LogP contribution in [0.2, 0.25) is 0 Å². The minimum atomic E-state index is -3.18. The zero-order valence-electron chi connectivity index (χ0n) is 19.4. The van der Waals surface area contributed by atoms with Crippen LogP contribution in [-0.2, 0) is 14.8 Å². The summed E-state index contributed by atoms with van der Waals surface area (Å²) in [6, 6.07) is 9.73. The molecule has 0 bridgehead atoms. The van der Waals surface area contributed by atoms with Crippen LogP contribution in [0, 0.1) is 6.92 Å². The summed E-state index contributed by atoms with van der Waals surface area (Å²) in [6.45, 7) is 4.02. The number of benzene rings is 1. The van der Waals surface area contributed by atoms with E-state index in [9.17, 15) is 13.2 Å². The number of sulfonamides is 1. The Bertz CT molecular complexity index is 1370. The molecule has 0 amide bonds. The molecule has 0 spiro atoms. The minimum absolute atomic E-state index is 0.0664. The second kappa shape index (κ2) is 9.09. The SMILES string of the molecule is Cc1ccccc1-c1cc2cnc(NC3CCN(S(C)(=O)=O)CC3)nc2n([C@@H]2CCOC2)c1=O.